The van der Waals surface area contributed by atoms with Crippen molar-refractivity contribution in [1.82, 2.24) is 5.32 Å². The van der Waals surface area contributed by atoms with E-state index in [1.807, 2.05) is 6.07 Å². The highest BCUT2D eigenvalue weighted by Crippen LogP contribution is 2.25. The van der Waals surface area contributed by atoms with Gasteiger partial charge in [-0.05, 0) is 57.4 Å². The first-order valence-corrected chi connectivity index (χ1v) is 8.03. The van der Waals surface area contributed by atoms with Crippen LogP contribution in [0.15, 0.2) is 18.2 Å². The van der Waals surface area contributed by atoms with Crippen molar-refractivity contribution in [3.63, 3.8) is 0 Å². The van der Waals surface area contributed by atoms with E-state index in [1.165, 1.54) is 11.3 Å². The van der Waals surface area contributed by atoms with Crippen LogP contribution in [-0.4, -0.2) is 18.6 Å². The first kappa shape index (κ1) is 17.3. The maximum atomic E-state index is 6.18. The van der Waals surface area contributed by atoms with Gasteiger partial charge < -0.3 is 10.2 Å². The average Bonchev–Trinajstić information content (AvgIpc) is 2.35. The molecule has 0 saturated carbocycles. The highest BCUT2D eigenvalue weighted by Gasteiger charge is 2.14. The molecule has 1 aromatic carbocycles. The van der Waals surface area contributed by atoms with Gasteiger partial charge in [0.15, 0.2) is 0 Å². The number of hydrogen-bond donors (Lipinski definition) is 1. The summed E-state index contributed by atoms with van der Waals surface area (Å²) in [5.41, 5.74) is 2.71. The molecule has 20 heavy (non-hydrogen) atoms. The summed E-state index contributed by atoms with van der Waals surface area (Å²) in [7, 11) is 0. The van der Waals surface area contributed by atoms with E-state index < -0.39 is 0 Å². The molecule has 0 bridgehead atoms. The molecule has 0 radical (unpaired) electrons. The smallest absolute Gasteiger partial charge is 0.0412 e. The topological polar surface area (TPSA) is 15.3 Å². The van der Waals surface area contributed by atoms with Crippen LogP contribution < -0.4 is 10.2 Å². The third kappa shape index (κ3) is 5.72. The fourth-order valence-electron chi connectivity index (χ4n) is 2.26. The molecule has 1 aromatic rings. The predicted octanol–water partition coefficient (Wildman–Crippen LogP) is 4.85. The molecule has 3 heteroatoms. The van der Waals surface area contributed by atoms with Gasteiger partial charge in [-0.1, -0.05) is 25.4 Å². The van der Waals surface area contributed by atoms with Crippen LogP contribution in [0.2, 0.25) is 5.02 Å². The van der Waals surface area contributed by atoms with E-state index in [2.05, 4.69) is 57.0 Å². The van der Waals surface area contributed by atoms with Gasteiger partial charge in [0.25, 0.3) is 0 Å². The van der Waals surface area contributed by atoms with Gasteiger partial charge in [0.05, 0.1) is 0 Å². The molecule has 0 saturated heterocycles. The zero-order valence-corrected chi connectivity index (χ0v) is 14.3. The highest BCUT2D eigenvalue weighted by molar-refractivity contribution is 6.30. The van der Waals surface area contributed by atoms with Crippen molar-refractivity contribution in [2.45, 2.75) is 59.5 Å². The minimum atomic E-state index is 0.111. The molecular weight excluding hydrogens is 268 g/mol. The molecule has 0 amide bonds. The van der Waals surface area contributed by atoms with E-state index in [4.69, 9.17) is 11.6 Å². The summed E-state index contributed by atoms with van der Waals surface area (Å²) in [6.07, 6.45) is 2.32. The molecule has 0 atom stereocenters. The summed E-state index contributed by atoms with van der Waals surface area (Å²) in [4.78, 5) is 2.47. The molecule has 1 rings (SSSR count). The Labute approximate surface area is 129 Å². The van der Waals surface area contributed by atoms with Gasteiger partial charge >= 0.3 is 0 Å². The van der Waals surface area contributed by atoms with Gasteiger partial charge in [0.1, 0.15) is 0 Å². The Kier molecular flexibility index (Phi) is 6.84. The number of hydrogen-bond acceptors (Lipinski definition) is 2. The lowest BCUT2D eigenvalue weighted by Gasteiger charge is -2.28. The fourth-order valence-corrected chi connectivity index (χ4v) is 2.45. The van der Waals surface area contributed by atoms with E-state index in [0.717, 1.165) is 37.5 Å². The summed E-state index contributed by atoms with van der Waals surface area (Å²) in [6.45, 7) is 14.1. The lowest BCUT2D eigenvalue weighted by Crippen LogP contribution is -2.36. The number of rotatable bonds is 7. The van der Waals surface area contributed by atoms with Crippen LogP contribution in [0.1, 0.15) is 53.0 Å². The molecule has 2 nitrogen and oxygen atoms in total. The number of anilines is 1. The number of nitrogens with zero attached hydrogens (tertiary/aromatic N) is 1. The molecule has 1 N–H and O–H groups in total. The summed E-state index contributed by atoms with van der Waals surface area (Å²) < 4.78 is 0. The van der Waals surface area contributed by atoms with E-state index in [9.17, 15) is 0 Å². The number of nitrogens with one attached hydrogen (secondary N) is 1. The molecular formula is C17H29ClN2. The standard InChI is InChI=1S/C17H29ClN2/c1-6-10-20(11-7-2)16-9-8-15(18)12-14(16)13-19-17(3,4)5/h8-9,12,19H,6-7,10-11,13H2,1-5H3. The van der Waals surface area contributed by atoms with Crippen molar-refractivity contribution in [1.29, 1.82) is 0 Å². The van der Waals surface area contributed by atoms with Crippen LogP contribution in [0.4, 0.5) is 5.69 Å². The predicted molar refractivity (Wildman–Crippen MR) is 90.8 cm³/mol. The lowest BCUT2D eigenvalue weighted by atomic mass is 10.1. The van der Waals surface area contributed by atoms with Gasteiger partial charge in [0.2, 0.25) is 0 Å². The van der Waals surface area contributed by atoms with Crippen molar-refractivity contribution in [3.8, 4) is 0 Å². The number of halogens is 1. The normalized spacial score (nSPS) is 11.7. The minimum absolute atomic E-state index is 0.111. The van der Waals surface area contributed by atoms with Crippen LogP contribution in [0.5, 0.6) is 0 Å². The van der Waals surface area contributed by atoms with Crippen LogP contribution in [0.25, 0.3) is 0 Å². The van der Waals surface area contributed by atoms with Crippen LogP contribution in [0, 0.1) is 0 Å². The largest absolute Gasteiger partial charge is 0.371 e. The summed E-state index contributed by atoms with van der Waals surface area (Å²) in [5.74, 6) is 0. The van der Waals surface area contributed by atoms with E-state index in [0.29, 0.717) is 0 Å². The third-order valence-corrected chi connectivity index (χ3v) is 3.41. The average molecular weight is 297 g/mol. The molecule has 0 fully saturated rings. The Morgan fingerprint density at radius 2 is 1.70 bits per heavy atom. The molecule has 0 unspecified atom stereocenters. The Hall–Kier alpha value is -0.730. The van der Waals surface area contributed by atoms with Gasteiger partial charge in [-0.3, -0.25) is 0 Å². The Morgan fingerprint density at radius 1 is 1.10 bits per heavy atom. The maximum absolute atomic E-state index is 6.18. The summed E-state index contributed by atoms with van der Waals surface area (Å²) >= 11 is 6.18. The van der Waals surface area contributed by atoms with Crippen molar-refractivity contribution in [3.05, 3.63) is 28.8 Å². The first-order valence-electron chi connectivity index (χ1n) is 7.65. The van der Waals surface area contributed by atoms with E-state index in [-0.39, 0.29) is 5.54 Å². The highest BCUT2D eigenvalue weighted by atomic mass is 35.5. The van der Waals surface area contributed by atoms with E-state index >= 15 is 0 Å². The second-order valence-electron chi connectivity index (χ2n) is 6.36. The van der Waals surface area contributed by atoms with Gasteiger partial charge in [-0.25, -0.2) is 0 Å². The molecule has 114 valence electrons. The first-order chi connectivity index (χ1) is 9.37. The molecule has 0 heterocycles. The molecule has 0 aliphatic heterocycles. The minimum Gasteiger partial charge on any atom is -0.371 e. The zero-order chi connectivity index (χ0) is 15.2. The van der Waals surface area contributed by atoms with Crippen LogP contribution in [-0.2, 0) is 6.54 Å². The zero-order valence-electron chi connectivity index (χ0n) is 13.6. The Balaban J connectivity index is 2.98. The van der Waals surface area contributed by atoms with Crippen molar-refractivity contribution < 1.29 is 0 Å². The molecule has 0 spiro atoms. The SMILES string of the molecule is CCCN(CCC)c1ccc(Cl)cc1CNC(C)(C)C. The molecule has 0 aromatic heterocycles. The Bertz CT molecular complexity index is 404. The molecule has 0 aliphatic rings. The maximum Gasteiger partial charge on any atom is 0.0412 e. The monoisotopic (exact) mass is 296 g/mol. The van der Waals surface area contributed by atoms with Crippen molar-refractivity contribution in [2.24, 2.45) is 0 Å². The lowest BCUT2D eigenvalue weighted by molar-refractivity contribution is 0.424. The third-order valence-electron chi connectivity index (χ3n) is 3.18. The summed E-state index contributed by atoms with van der Waals surface area (Å²) in [5, 5.41) is 4.37. The summed E-state index contributed by atoms with van der Waals surface area (Å²) in [6, 6.07) is 6.25. The Morgan fingerprint density at radius 3 is 2.20 bits per heavy atom. The second-order valence-corrected chi connectivity index (χ2v) is 6.80. The van der Waals surface area contributed by atoms with Gasteiger partial charge in [0, 0.05) is 35.9 Å². The van der Waals surface area contributed by atoms with Crippen molar-refractivity contribution >= 4 is 17.3 Å². The number of benzene rings is 1. The van der Waals surface area contributed by atoms with Gasteiger partial charge in [-0.2, -0.15) is 0 Å². The van der Waals surface area contributed by atoms with E-state index in [1.54, 1.807) is 0 Å². The quantitative estimate of drug-likeness (QED) is 0.773. The second kappa shape index (κ2) is 7.90. The fraction of sp³-hybridized carbons (Fsp3) is 0.647. The van der Waals surface area contributed by atoms with Crippen molar-refractivity contribution in [2.75, 3.05) is 18.0 Å². The molecule has 0 aliphatic carbocycles. The van der Waals surface area contributed by atoms with Gasteiger partial charge in [-0.15, -0.1) is 0 Å². The van der Waals surface area contributed by atoms with Crippen LogP contribution in [0.3, 0.4) is 0 Å². The van der Waals surface area contributed by atoms with Crippen LogP contribution >= 0.6 is 11.6 Å².